The quantitative estimate of drug-likeness (QED) is 0.685. The van der Waals surface area contributed by atoms with E-state index in [4.69, 9.17) is 4.74 Å². The van der Waals surface area contributed by atoms with Gasteiger partial charge in [0.15, 0.2) is 0 Å². The molecule has 0 radical (unpaired) electrons. The molecule has 2 N–H and O–H groups in total. The van der Waals surface area contributed by atoms with Gasteiger partial charge in [-0.1, -0.05) is 48.5 Å². The van der Waals surface area contributed by atoms with Crippen LogP contribution in [0.4, 0.5) is 0 Å². The monoisotopic (exact) mass is 351 g/mol. The van der Waals surface area contributed by atoms with E-state index >= 15 is 0 Å². The minimum atomic E-state index is -0.302. The van der Waals surface area contributed by atoms with Gasteiger partial charge in [-0.3, -0.25) is 9.36 Å². The topological polar surface area (TPSA) is 76.1 Å². The van der Waals surface area contributed by atoms with Crippen molar-refractivity contribution in [3.63, 3.8) is 0 Å². The van der Waals surface area contributed by atoms with E-state index in [9.17, 15) is 9.59 Å². The van der Waals surface area contributed by atoms with Crippen LogP contribution >= 0.6 is 0 Å². The minimum Gasteiger partial charge on any atom is -0.496 e. The number of hydrogen-bond acceptors (Lipinski definition) is 3. The van der Waals surface area contributed by atoms with Gasteiger partial charge in [-0.15, -0.1) is 0 Å². The van der Waals surface area contributed by atoms with Crippen molar-refractivity contribution in [2.45, 2.75) is 13.0 Å². The van der Waals surface area contributed by atoms with Gasteiger partial charge >= 0.3 is 5.69 Å². The highest BCUT2D eigenvalue weighted by Gasteiger charge is 2.14. The summed E-state index contributed by atoms with van der Waals surface area (Å²) < 4.78 is 6.75. The third-order valence-corrected chi connectivity index (χ3v) is 4.16. The predicted molar refractivity (Wildman–Crippen MR) is 99.6 cm³/mol. The highest BCUT2D eigenvalue weighted by atomic mass is 16.5. The molecule has 2 aromatic carbocycles. The second-order valence-corrected chi connectivity index (χ2v) is 5.87. The van der Waals surface area contributed by atoms with Crippen molar-refractivity contribution in [1.82, 2.24) is 14.9 Å². The lowest BCUT2D eigenvalue weighted by atomic mass is 10.1. The minimum absolute atomic E-state index is 0.283. The molecule has 134 valence electrons. The van der Waals surface area contributed by atoms with Crippen molar-refractivity contribution in [2.24, 2.45) is 0 Å². The average Bonchev–Trinajstić information content (AvgIpc) is 3.03. The molecule has 26 heavy (non-hydrogen) atoms. The zero-order valence-electron chi connectivity index (χ0n) is 14.6. The lowest BCUT2D eigenvalue weighted by Gasteiger charge is -2.10. The molecule has 0 aliphatic carbocycles. The zero-order chi connectivity index (χ0) is 18.4. The van der Waals surface area contributed by atoms with Gasteiger partial charge in [0.2, 0.25) is 0 Å². The average molecular weight is 351 g/mol. The Kier molecular flexibility index (Phi) is 5.53. The third-order valence-electron chi connectivity index (χ3n) is 4.16. The summed E-state index contributed by atoms with van der Waals surface area (Å²) in [5, 5.41) is 2.86. The van der Waals surface area contributed by atoms with Gasteiger partial charge in [0.25, 0.3) is 5.91 Å². The summed E-state index contributed by atoms with van der Waals surface area (Å²) in [7, 11) is 1.62. The Hall–Kier alpha value is -3.28. The second-order valence-electron chi connectivity index (χ2n) is 5.87. The number of carbonyl (C=O) groups is 1. The molecule has 3 rings (SSSR count). The Morgan fingerprint density at radius 1 is 1.12 bits per heavy atom. The summed E-state index contributed by atoms with van der Waals surface area (Å²) >= 11 is 0. The molecular weight excluding hydrogens is 330 g/mol. The van der Waals surface area contributed by atoms with Gasteiger partial charge in [-0.25, -0.2) is 4.79 Å². The van der Waals surface area contributed by atoms with Gasteiger partial charge in [0, 0.05) is 12.7 Å². The fourth-order valence-electron chi connectivity index (χ4n) is 2.82. The molecule has 0 spiro atoms. The van der Waals surface area contributed by atoms with Gasteiger partial charge in [-0.05, 0) is 23.6 Å². The van der Waals surface area contributed by atoms with E-state index in [2.05, 4.69) is 10.3 Å². The zero-order valence-corrected chi connectivity index (χ0v) is 14.6. The van der Waals surface area contributed by atoms with E-state index < -0.39 is 0 Å². The highest BCUT2D eigenvalue weighted by molar-refractivity contribution is 5.92. The lowest BCUT2D eigenvalue weighted by molar-refractivity contribution is 0.0945. The molecule has 0 aliphatic heterocycles. The van der Waals surface area contributed by atoms with Crippen LogP contribution < -0.4 is 15.7 Å². The third kappa shape index (κ3) is 4.03. The van der Waals surface area contributed by atoms with Crippen LogP contribution in [0.2, 0.25) is 0 Å². The molecule has 1 amide bonds. The number of H-pyrrole nitrogens is 1. The number of aromatic amines is 1. The number of hydrogen-bond donors (Lipinski definition) is 2. The first-order chi connectivity index (χ1) is 12.7. The fraction of sp³-hybridized carbons (Fsp3) is 0.200. The molecule has 1 heterocycles. The molecule has 0 unspecified atom stereocenters. The smallest absolute Gasteiger partial charge is 0.326 e. The maximum atomic E-state index is 12.5. The van der Waals surface area contributed by atoms with Crippen molar-refractivity contribution >= 4 is 5.91 Å². The van der Waals surface area contributed by atoms with Crippen molar-refractivity contribution in [2.75, 3.05) is 13.7 Å². The van der Waals surface area contributed by atoms with Crippen LogP contribution in [-0.4, -0.2) is 29.1 Å². The fourth-order valence-corrected chi connectivity index (χ4v) is 2.82. The Morgan fingerprint density at radius 3 is 2.62 bits per heavy atom. The highest BCUT2D eigenvalue weighted by Crippen LogP contribution is 2.17. The number of nitrogens with one attached hydrogen (secondary N) is 2. The molecule has 0 fully saturated rings. The maximum Gasteiger partial charge on any atom is 0.326 e. The van der Waals surface area contributed by atoms with Crippen LogP contribution in [0.3, 0.4) is 0 Å². The summed E-state index contributed by atoms with van der Waals surface area (Å²) in [6, 6.07) is 17.3. The number of ether oxygens (including phenoxy) is 1. The van der Waals surface area contributed by atoms with E-state index in [1.165, 1.54) is 10.8 Å². The van der Waals surface area contributed by atoms with Crippen LogP contribution in [-0.2, 0) is 13.0 Å². The Morgan fingerprint density at radius 2 is 1.85 bits per heavy atom. The number of rotatable bonds is 7. The van der Waals surface area contributed by atoms with E-state index in [0.29, 0.717) is 25.2 Å². The first-order valence-electron chi connectivity index (χ1n) is 8.41. The van der Waals surface area contributed by atoms with Crippen LogP contribution in [0.15, 0.2) is 65.6 Å². The van der Waals surface area contributed by atoms with Crippen LogP contribution in [0.1, 0.15) is 21.6 Å². The molecule has 0 atom stereocenters. The van der Waals surface area contributed by atoms with Crippen LogP contribution in [0.25, 0.3) is 0 Å². The van der Waals surface area contributed by atoms with E-state index in [1.807, 2.05) is 54.6 Å². The lowest BCUT2D eigenvalue weighted by Crippen LogP contribution is -2.30. The molecule has 6 heteroatoms. The Labute approximate surface area is 151 Å². The van der Waals surface area contributed by atoms with Crippen LogP contribution in [0, 0.1) is 0 Å². The summed E-state index contributed by atoms with van der Waals surface area (Å²) in [6.45, 7) is 0.794. The van der Waals surface area contributed by atoms with E-state index in [1.54, 1.807) is 7.11 Å². The summed E-state index contributed by atoms with van der Waals surface area (Å²) in [5.41, 5.74) is 1.99. The van der Waals surface area contributed by atoms with Crippen LogP contribution in [0.5, 0.6) is 5.75 Å². The molecule has 3 aromatic rings. The van der Waals surface area contributed by atoms with Gasteiger partial charge in [0.05, 0.1) is 13.7 Å². The van der Waals surface area contributed by atoms with E-state index in [0.717, 1.165) is 16.9 Å². The summed E-state index contributed by atoms with van der Waals surface area (Å²) in [6.07, 6.45) is 2.09. The Bertz CT molecular complexity index is 929. The molecule has 0 bridgehead atoms. The number of benzene rings is 2. The molecule has 0 aliphatic rings. The van der Waals surface area contributed by atoms with Gasteiger partial charge in [-0.2, -0.15) is 0 Å². The largest absolute Gasteiger partial charge is 0.496 e. The Balaban J connectivity index is 1.66. The number of carbonyl (C=O) groups excluding carboxylic acids is 1. The number of imidazole rings is 1. The van der Waals surface area contributed by atoms with Gasteiger partial charge in [0.1, 0.15) is 11.4 Å². The molecule has 0 saturated heterocycles. The van der Waals surface area contributed by atoms with E-state index in [-0.39, 0.29) is 11.6 Å². The first-order valence-corrected chi connectivity index (χ1v) is 8.41. The molecule has 0 saturated carbocycles. The van der Waals surface area contributed by atoms with Crippen molar-refractivity contribution in [3.8, 4) is 5.75 Å². The normalized spacial score (nSPS) is 10.5. The summed E-state index contributed by atoms with van der Waals surface area (Å²) in [4.78, 5) is 27.1. The second kappa shape index (κ2) is 8.20. The summed E-state index contributed by atoms with van der Waals surface area (Å²) in [5.74, 6) is 0.513. The molecular formula is C20H21N3O3. The number of amides is 1. The standard InChI is InChI=1S/C20H21N3O3/c1-26-18-10-6-5-9-16(18)11-12-21-19(24)17-13-22-20(25)23(17)14-15-7-3-2-4-8-15/h2-10,13H,11-12,14H2,1H3,(H,21,24)(H,22,25). The van der Waals surface area contributed by atoms with Crippen molar-refractivity contribution in [3.05, 3.63) is 88.1 Å². The molecule has 1 aromatic heterocycles. The number of methoxy groups -OCH3 is 1. The van der Waals surface area contributed by atoms with Crippen molar-refractivity contribution < 1.29 is 9.53 Å². The molecule has 6 nitrogen and oxygen atoms in total. The SMILES string of the molecule is COc1ccccc1CCNC(=O)c1c[nH]c(=O)n1Cc1ccccc1. The number of aromatic nitrogens is 2. The number of para-hydroxylation sites is 1. The van der Waals surface area contributed by atoms with Gasteiger partial charge < -0.3 is 15.0 Å². The maximum absolute atomic E-state index is 12.5. The first kappa shape index (κ1) is 17.5. The number of nitrogens with zero attached hydrogens (tertiary/aromatic N) is 1. The predicted octanol–water partition coefficient (Wildman–Crippen LogP) is 2.21. The van der Waals surface area contributed by atoms with Crippen molar-refractivity contribution in [1.29, 1.82) is 0 Å².